The van der Waals surface area contributed by atoms with E-state index >= 15 is 0 Å². The molecule has 0 bridgehead atoms. The van der Waals surface area contributed by atoms with E-state index in [4.69, 9.17) is 0 Å². The number of aromatic nitrogens is 1. The first-order valence-electron chi connectivity index (χ1n) is 7.66. The molecule has 0 radical (unpaired) electrons. The summed E-state index contributed by atoms with van der Waals surface area (Å²) in [6, 6.07) is 11.4. The number of anilines is 1. The summed E-state index contributed by atoms with van der Waals surface area (Å²) in [7, 11) is 1.29. The van der Waals surface area contributed by atoms with Gasteiger partial charge < -0.3 is 15.4 Å². The molecule has 23 heavy (non-hydrogen) atoms. The third-order valence-electron chi connectivity index (χ3n) is 4.26. The highest BCUT2D eigenvalue weighted by atomic mass is 16.5. The highest BCUT2D eigenvalue weighted by molar-refractivity contribution is 6.00. The first kappa shape index (κ1) is 15.3. The standard InChI is InChI=1S/C17H19N3O3/c1-23-16(22)20-17(10-4-5-11-17)15(21)19-14-9-8-12-6-2-3-7-13(12)18-14/h2-3,6-9H,4-5,10-11H2,1H3,(H,20,22)(H,18,19,21). The number of alkyl carbamates (subject to hydrolysis) is 1. The number of methoxy groups -OCH3 is 1. The van der Waals surface area contributed by atoms with Crippen LogP contribution in [0, 0.1) is 0 Å². The number of carbonyl (C=O) groups is 2. The van der Waals surface area contributed by atoms with Gasteiger partial charge in [0.25, 0.3) is 5.91 Å². The molecule has 0 aliphatic heterocycles. The number of nitrogens with zero attached hydrogens (tertiary/aromatic N) is 1. The van der Waals surface area contributed by atoms with Crippen LogP contribution in [-0.4, -0.2) is 29.6 Å². The molecule has 1 aliphatic carbocycles. The maximum Gasteiger partial charge on any atom is 0.407 e. The molecule has 6 heteroatoms. The lowest BCUT2D eigenvalue weighted by Crippen LogP contribution is -2.55. The van der Waals surface area contributed by atoms with Crippen LogP contribution in [-0.2, 0) is 9.53 Å². The fraction of sp³-hybridized carbons (Fsp3) is 0.353. The van der Waals surface area contributed by atoms with Crippen LogP contribution < -0.4 is 10.6 Å². The van der Waals surface area contributed by atoms with E-state index < -0.39 is 11.6 Å². The Morgan fingerprint density at radius 3 is 2.61 bits per heavy atom. The number of fused-ring (bicyclic) bond motifs is 1. The van der Waals surface area contributed by atoms with Crippen molar-refractivity contribution in [2.45, 2.75) is 31.2 Å². The molecule has 0 spiro atoms. The van der Waals surface area contributed by atoms with Gasteiger partial charge in [-0.15, -0.1) is 0 Å². The van der Waals surface area contributed by atoms with Crippen LogP contribution in [0.2, 0.25) is 0 Å². The van der Waals surface area contributed by atoms with E-state index in [-0.39, 0.29) is 5.91 Å². The van der Waals surface area contributed by atoms with Crippen molar-refractivity contribution >= 4 is 28.7 Å². The Labute approximate surface area is 134 Å². The Morgan fingerprint density at radius 1 is 1.13 bits per heavy atom. The summed E-state index contributed by atoms with van der Waals surface area (Å²) >= 11 is 0. The number of carbonyl (C=O) groups excluding carboxylic acids is 2. The first-order chi connectivity index (χ1) is 11.1. The van der Waals surface area contributed by atoms with Gasteiger partial charge in [0.05, 0.1) is 12.6 Å². The van der Waals surface area contributed by atoms with Crippen LogP contribution in [0.4, 0.5) is 10.6 Å². The van der Waals surface area contributed by atoms with Crippen molar-refractivity contribution < 1.29 is 14.3 Å². The number of benzene rings is 1. The van der Waals surface area contributed by atoms with Gasteiger partial charge in [-0.05, 0) is 31.0 Å². The maximum absolute atomic E-state index is 12.7. The minimum atomic E-state index is -0.916. The molecule has 0 atom stereocenters. The van der Waals surface area contributed by atoms with Gasteiger partial charge in [-0.3, -0.25) is 4.79 Å². The Hall–Kier alpha value is -2.63. The van der Waals surface area contributed by atoms with Crippen molar-refractivity contribution in [1.82, 2.24) is 10.3 Å². The Morgan fingerprint density at radius 2 is 1.87 bits per heavy atom. The molecule has 0 saturated heterocycles. The summed E-state index contributed by atoms with van der Waals surface area (Å²) < 4.78 is 4.65. The van der Waals surface area contributed by atoms with E-state index in [9.17, 15) is 9.59 Å². The van der Waals surface area contributed by atoms with Gasteiger partial charge in [0.15, 0.2) is 0 Å². The summed E-state index contributed by atoms with van der Waals surface area (Å²) in [6.07, 6.45) is 2.39. The monoisotopic (exact) mass is 313 g/mol. The number of pyridine rings is 1. The number of hydrogen-bond acceptors (Lipinski definition) is 4. The van der Waals surface area contributed by atoms with Crippen molar-refractivity contribution in [2.75, 3.05) is 12.4 Å². The molecule has 120 valence electrons. The van der Waals surface area contributed by atoms with Crippen molar-refractivity contribution in [3.8, 4) is 0 Å². The largest absolute Gasteiger partial charge is 0.453 e. The zero-order valence-corrected chi connectivity index (χ0v) is 13.0. The third kappa shape index (κ3) is 3.11. The lowest BCUT2D eigenvalue weighted by Gasteiger charge is -2.28. The van der Waals surface area contributed by atoms with E-state index in [1.165, 1.54) is 7.11 Å². The summed E-state index contributed by atoms with van der Waals surface area (Å²) in [5.74, 6) is 0.231. The smallest absolute Gasteiger partial charge is 0.407 e. The highest BCUT2D eigenvalue weighted by Gasteiger charge is 2.43. The molecular formula is C17H19N3O3. The molecule has 2 aromatic rings. The number of hydrogen-bond donors (Lipinski definition) is 2. The van der Waals surface area contributed by atoms with Gasteiger partial charge in [-0.25, -0.2) is 9.78 Å². The number of para-hydroxylation sites is 1. The quantitative estimate of drug-likeness (QED) is 0.913. The van der Waals surface area contributed by atoms with E-state index in [1.807, 2.05) is 30.3 Å². The first-order valence-corrected chi connectivity index (χ1v) is 7.66. The van der Waals surface area contributed by atoms with Gasteiger partial charge >= 0.3 is 6.09 Å². The maximum atomic E-state index is 12.7. The predicted molar refractivity (Wildman–Crippen MR) is 87.1 cm³/mol. The molecule has 6 nitrogen and oxygen atoms in total. The second-order valence-electron chi connectivity index (χ2n) is 5.75. The number of nitrogens with one attached hydrogen (secondary N) is 2. The van der Waals surface area contributed by atoms with Crippen LogP contribution in [0.25, 0.3) is 10.9 Å². The second-order valence-corrected chi connectivity index (χ2v) is 5.75. The summed E-state index contributed by atoms with van der Waals surface area (Å²) in [5, 5.41) is 6.53. The van der Waals surface area contributed by atoms with Crippen molar-refractivity contribution in [1.29, 1.82) is 0 Å². The molecule has 1 heterocycles. The van der Waals surface area contributed by atoms with E-state index in [0.29, 0.717) is 18.7 Å². The zero-order chi connectivity index (χ0) is 16.3. The Bertz CT molecular complexity index is 739. The van der Waals surface area contributed by atoms with Gasteiger partial charge in [0.2, 0.25) is 0 Å². The Kier molecular flexibility index (Phi) is 4.14. The fourth-order valence-corrected chi connectivity index (χ4v) is 3.01. The molecule has 2 N–H and O–H groups in total. The van der Waals surface area contributed by atoms with E-state index in [0.717, 1.165) is 23.7 Å². The predicted octanol–water partition coefficient (Wildman–Crippen LogP) is 2.84. The normalized spacial score (nSPS) is 16.0. The van der Waals surface area contributed by atoms with Crippen molar-refractivity contribution in [3.63, 3.8) is 0 Å². The summed E-state index contributed by atoms with van der Waals surface area (Å²) in [4.78, 5) is 28.7. The minimum absolute atomic E-state index is 0.247. The van der Waals surface area contributed by atoms with E-state index in [1.54, 1.807) is 6.07 Å². The van der Waals surface area contributed by atoms with E-state index in [2.05, 4.69) is 20.4 Å². The molecule has 2 amide bonds. The summed E-state index contributed by atoms with van der Waals surface area (Å²) in [5.41, 5.74) is -0.104. The van der Waals surface area contributed by atoms with Crippen molar-refractivity contribution in [3.05, 3.63) is 36.4 Å². The van der Waals surface area contributed by atoms with Crippen LogP contribution >= 0.6 is 0 Å². The molecular weight excluding hydrogens is 294 g/mol. The molecule has 3 rings (SSSR count). The van der Waals surface area contributed by atoms with Crippen LogP contribution in [0.1, 0.15) is 25.7 Å². The van der Waals surface area contributed by atoms with Crippen LogP contribution in [0.3, 0.4) is 0 Å². The topological polar surface area (TPSA) is 80.3 Å². The molecule has 1 aromatic heterocycles. The molecule has 0 unspecified atom stereocenters. The van der Waals surface area contributed by atoms with Crippen molar-refractivity contribution in [2.24, 2.45) is 0 Å². The highest BCUT2D eigenvalue weighted by Crippen LogP contribution is 2.31. The van der Waals surface area contributed by atoms with Gasteiger partial charge in [-0.1, -0.05) is 31.0 Å². The summed E-state index contributed by atoms with van der Waals surface area (Å²) in [6.45, 7) is 0. The molecule has 1 saturated carbocycles. The molecule has 1 fully saturated rings. The number of ether oxygens (including phenoxy) is 1. The average molecular weight is 313 g/mol. The third-order valence-corrected chi connectivity index (χ3v) is 4.26. The number of amides is 2. The van der Waals surface area contributed by atoms with Gasteiger partial charge in [0, 0.05) is 5.39 Å². The lowest BCUT2D eigenvalue weighted by atomic mass is 9.96. The fourth-order valence-electron chi connectivity index (χ4n) is 3.01. The Balaban J connectivity index is 1.81. The van der Waals surface area contributed by atoms with Crippen LogP contribution in [0.15, 0.2) is 36.4 Å². The number of rotatable bonds is 3. The lowest BCUT2D eigenvalue weighted by molar-refractivity contribution is -0.122. The van der Waals surface area contributed by atoms with Gasteiger partial charge in [-0.2, -0.15) is 0 Å². The van der Waals surface area contributed by atoms with Crippen LogP contribution in [0.5, 0.6) is 0 Å². The molecule has 1 aromatic carbocycles. The molecule has 1 aliphatic rings. The zero-order valence-electron chi connectivity index (χ0n) is 13.0. The SMILES string of the molecule is COC(=O)NC1(C(=O)Nc2ccc3ccccc3n2)CCCC1. The average Bonchev–Trinajstić information content (AvgIpc) is 3.04. The second kappa shape index (κ2) is 6.24. The minimum Gasteiger partial charge on any atom is -0.453 e. The van der Waals surface area contributed by atoms with Gasteiger partial charge in [0.1, 0.15) is 11.4 Å².